The lowest BCUT2D eigenvalue weighted by Crippen LogP contribution is -2.21. The molecule has 1 unspecified atom stereocenters. The van der Waals surface area contributed by atoms with Crippen molar-refractivity contribution >= 4 is 0 Å². The molecule has 2 rings (SSSR count). The van der Waals surface area contributed by atoms with E-state index in [9.17, 15) is 0 Å². The van der Waals surface area contributed by atoms with Gasteiger partial charge in [-0.3, -0.25) is 0 Å². The molecule has 0 aromatic heterocycles. The molecule has 0 amide bonds. The van der Waals surface area contributed by atoms with Crippen LogP contribution in [0.1, 0.15) is 83.9 Å². The fourth-order valence-electron chi connectivity index (χ4n) is 2.80. The third-order valence-electron chi connectivity index (χ3n) is 4.12. The lowest BCUT2D eigenvalue weighted by atomic mass is 9.75. The van der Waals surface area contributed by atoms with E-state index in [4.69, 9.17) is 0 Å². The maximum absolute atomic E-state index is 2.44. The van der Waals surface area contributed by atoms with Crippen molar-refractivity contribution in [1.29, 1.82) is 0 Å². The van der Waals surface area contributed by atoms with E-state index in [0.717, 1.165) is 0 Å². The molecule has 0 saturated heterocycles. The van der Waals surface area contributed by atoms with Crippen LogP contribution in [0.15, 0.2) is 18.2 Å². The Morgan fingerprint density at radius 3 is 2.26 bits per heavy atom. The molecule has 0 saturated carbocycles. The van der Waals surface area contributed by atoms with E-state index in [2.05, 4.69) is 39.0 Å². The summed E-state index contributed by atoms with van der Waals surface area (Å²) in [4.78, 5) is 0. The lowest BCUT2D eigenvalue weighted by Gasteiger charge is -2.29. The molecule has 0 nitrogen and oxygen atoms in total. The Morgan fingerprint density at radius 2 is 1.68 bits per heavy atom. The quantitative estimate of drug-likeness (QED) is 0.511. The highest BCUT2D eigenvalue weighted by Crippen LogP contribution is 2.38. The van der Waals surface area contributed by atoms with Crippen molar-refractivity contribution in [2.45, 2.75) is 86.0 Å². The number of benzene rings is 1. The van der Waals surface area contributed by atoms with Crippen molar-refractivity contribution in [3.8, 4) is 0 Å². The van der Waals surface area contributed by atoms with E-state index >= 15 is 0 Å². The molecular formula is C19H34. The number of aryl methyl sites for hydroxylation is 2. The normalized spacial score (nSPS) is 21.0. The summed E-state index contributed by atoms with van der Waals surface area (Å²) in [5.74, 6) is 0. The first kappa shape index (κ1) is 18.2. The Balaban J connectivity index is 0.000000741. The maximum Gasteiger partial charge on any atom is -0.00750 e. The Bertz CT molecular complexity index is 351. The van der Waals surface area contributed by atoms with Crippen LogP contribution >= 0.6 is 0 Å². The van der Waals surface area contributed by atoms with Crippen LogP contribution in [0.5, 0.6) is 0 Å². The molecule has 1 aliphatic rings. The fourth-order valence-corrected chi connectivity index (χ4v) is 2.80. The van der Waals surface area contributed by atoms with Gasteiger partial charge in [0.25, 0.3) is 0 Å². The predicted octanol–water partition coefficient (Wildman–Crippen LogP) is 6.44. The first-order valence-electron chi connectivity index (χ1n) is 8.26. The second kappa shape index (κ2) is 9.18. The van der Waals surface area contributed by atoms with Crippen molar-refractivity contribution in [2.75, 3.05) is 0 Å². The topological polar surface area (TPSA) is 0 Å². The van der Waals surface area contributed by atoms with Crippen LogP contribution < -0.4 is 0 Å². The van der Waals surface area contributed by atoms with Gasteiger partial charge in [0.15, 0.2) is 0 Å². The molecular weight excluding hydrogens is 228 g/mol. The Labute approximate surface area is 121 Å². The van der Waals surface area contributed by atoms with Crippen molar-refractivity contribution in [2.24, 2.45) is 0 Å². The van der Waals surface area contributed by atoms with E-state index < -0.39 is 0 Å². The highest BCUT2D eigenvalue weighted by atomic mass is 14.3. The van der Waals surface area contributed by atoms with Gasteiger partial charge in [-0.05, 0) is 49.1 Å². The third kappa shape index (κ3) is 4.67. The zero-order valence-corrected chi connectivity index (χ0v) is 14.3. The van der Waals surface area contributed by atoms with Gasteiger partial charge in [-0.25, -0.2) is 0 Å². The molecule has 0 fully saturated rings. The molecule has 0 spiro atoms. The monoisotopic (exact) mass is 262 g/mol. The number of hydrogen-bond acceptors (Lipinski definition) is 0. The van der Waals surface area contributed by atoms with Crippen molar-refractivity contribution in [1.82, 2.24) is 0 Å². The molecule has 0 heterocycles. The molecule has 0 bridgehead atoms. The summed E-state index contributed by atoms with van der Waals surface area (Å²) < 4.78 is 0. The van der Waals surface area contributed by atoms with E-state index in [1.807, 2.05) is 27.7 Å². The van der Waals surface area contributed by atoms with Crippen LogP contribution in [0.2, 0.25) is 0 Å². The van der Waals surface area contributed by atoms with Gasteiger partial charge < -0.3 is 0 Å². The third-order valence-corrected chi connectivity index (χ3v) is 4.12. The summed E-state index contributed by atoms with van der Waals surface area (Å²) in [7, 11) is 0. The minimum absolute atomic E-state index is 0.428. The summed E-state index contributed by atoms with van der Waals surface area (Å²) >= 11 is 0. The average Bonchev–Trinajstić information content (AvgIpc) is 2.64. The second-order valence-electron chi connectivity index (χ2n) is 5.28. The first-order chi connectivity index (χ1) is 9.15. The van der Waals surface area contributed by atoms with Gasteiger partial charge in [0, 0.05) is 0 Å². The molecule has 1 atom stereocenters. The van der Waals surface area contributed by atoms with Crippen LogP contribution in [0.4, 0.5) is 0 Å². The zero-order valence-electron chi connectivity index (χ0n) is 14.3. The van der Waals surface area contributed by atoms with E-state index in [0.29, 0.717) is 5.41 Å². The van der Waals surface area contributed by atoms with E-state index in [-0.39, 0.29) is 0 Å². The molecule has 1 aliphatic carbocycles. The smallest absolute Gasteiger partial charge is 0.00750 e. The van der Waals surface area contributed by atoms with Crippen LogP contribution in [0.3, 0.4) is 0 Å². The summed E-state index contributed by atoms with van der Waals surface area (Å²) in [6.07, 6.45) is 6.67. The SMILES string of the molecule is CC.CC.CCC1(C)CCCCc2ccc(C)cc21. The predicted molar refractivity (Wildman–Crippen MR) is 89.1 cm³/mol. The number of fused-ring (bicyclic) bond motifs is 1. The van der Waals surface area contributed by atoms with Crippen molar-refractivity contribution in [3.63, 3.8) is 0 Å². The summed E-state index contributed by atoms with van der Waals surface area (Å²) in [5.41, 5.74) is 5.07. The minimum Gasteiger partial charge on any atom is -0.0683 e. The van der Waals surface area contributed by atoms with Gasteiger partial charge >= 0.3 is 0 Å². The molecule has 1 aromatic rings. The van der Waals surface area contributed by atoms with Gasteiger partial charge in [0.05, 0.1) is 0 Å². The Kier molecular flexibility index (Phi) is 8.80. The molecule has 0 aliphatic heterocycles. The molecule has 0 N–H and O–H groups in total. The molecule has 19 heavy (non-hydrogen) atoms. The highest BCUT2D eigenvalue weighted by Gasteiger charge is 2.28. The first-order valence-corrected chi connectivity index (χ1v) is 8.26. The molecule has 0 radical (unpaired) electrons. The second-order valence-corrected chi connectivity index (χ2v) is 5.28. The summed E-state index contributed by atoms with van der Waals surface area (Å²) in [5, 5.41) is 0. The standard InChI is InChI=1S/C15H22.2C2H6/c1-4-15(3)10-6-5-7-13-9-8-12(2)11-14(13)15;2*1-2/h8-9,11H,4-7,10H2,1-3H3;2*1-2H3. The minimum atomic E-state index is 0.428. The molecule has 1 aromatic carbocycles. The van der Waals surface area contributed by atoms with Crippen LogP contribution in [0.25, 0.3) is 0 Å². The van der Waals surface area contributed by atoms with Gasteiger partial charge in [0.2, 0.25) is 0 Å². The average molecular weight is 262 g/mol. The van der Waals surface area contributed by atoms with Gasteiger partial charge in [-0.1, -0.05) is 71.7 Å². The van der Waals surface area contributed by atoms with Gasteiger partial charge in [-0.2, -0.15) is 0 Å². The number of hydrogen-bond donors (Lipinski definition) is 0. The largest absolute Gasteiger partial charge is 0.0683 e. The zero-order chi connectivity index (χ0) is 14.9. The summed E-state index contributed by atoms with van der Waals surface area (Å²) in [6.45, 7) is 15.0. The van der Waals surface area contributed by atoms with Crippen LogP contribution in [0, 0.1) is 6.92 Å². The Hall–Kier alpha value is -0.780. The van der Waals surface area contributed by atoms with E-state index in [1.165, 1.54) is 37.7 Å². The maximum atomic E-state index is 2.44. The summed E-state index contributed by atoms with van der Waals surface area (Å²) in [6, 6.07) is 7.04. The van der Waals surface area contributed by atoms with Gasteiger partial charge in [0.1, 0.15) is 0 Å². The van der Waals surface area contributed by atoms with E-state index in [1.54, 1.807) is 11.1 Å². The van der Waals surface area contributed by atoms with Crippen LogP contribution in [-0.4, -0.2) is 0 Å². The van der Waals surface area contributed by atoms with Crippen molar-refractivity contribution < 1.29 is 0 Å². The van der Waals surface area contributed by atoms with Crippen LogP contribution in [-0.2, 0) is 11.8 Å². The Morgan fingerprint density at radius 1 is 1.05 bits per heavy atom. The van der Waals surface area contributed by atoms with Crippen molar-refractivity contribution in [3.05, 3.63) is 34.9 Å². The molecule has 0 heteroatoms. The highest BCUT2D eigenvalue weighted by molar-refractivity contribution is 5.38. The molecule has 110 valence electrons. The fraction of sp³-hybridized carbons (Fsp3) is 0.684. The number of rotatable bonds is 1. The van der Waals surface area contributed by atoms with Gasteiger partial charge in [-0.15, -0.1) is 0 Å². The lowest BCUT2D eigenvalue weighted by molar-refractivity contribution is 0.411.